The molecule has 2 N–H and O–H groups in total. The second-order valence-corrected chi connectivity index (χ2v) is 7.39. The first-order valence-electron chi connectivity index (χ1n) is 7.94. The van der Waals surface area contributed by atoms with Crippen molar-refractivity contribution < 1.29 is 0 Å². The Hall–Kier alpha value is -0.380. The van der Waals surface area contributed by atoms with Gasteiger partial charge < -0.3 is 5.73 Å². The lowest BCUT2D eigenvalue weighted by Crippen LogP contribution is -2.54. The van der Waals surface area contributed by atoms with Crippen molar-refractivity contribution >= 4 is 15.9 Å². The number of rotatable bonds is 2. The van der Waals surface area contributed by atoms with Crippen LogP contribution in [0.3, 0.4) is 0 Å². The van der Waals surface area contributed by atoms with Crippen LogP contribution >= 0.6 is 15.9 Å². The SMILES string of the molecule is CC(N)C1CCCCN1C1CCc2cc(Br)ccc2C1. The van der Waals surface area contributed by atoms with Gasteiger partial charge in [-0.15, -0.1) is 0 Å². The molecule has 3 heteroatoms. The van der Waals surface area contributed by atoms with Gasteiger partial charge >= 0.3 is 0 Å². The number of hydrogen-bond acceptors (Lipinski definition) is 2. The Balaban J connectivity index is 1.76. The van der Waals surface area contributed by atoms with Crippen LogP contribution in [0.1, 0.15) is 43.7 Å². The van der Waals surface area contributed by atoms with Gasteiger partial charge in [0.15, 0.2) is 0 Å². The molecule has 2 aliphatic rings. The molecule has 3 unspecified atom stereocenters. The highest BCUT2D eigenvalue weighted by Gasteiger charge is 2.32. The number of fused-ring (bicyclic) bond motifs is 1. The highest BCUT2D eigenvalue weighted by molar-refractivity contribution is 9.10. The molecule has 1 aromatic rings. The maximum atomic E-state index is 6.23. The summed E-state index contributed by atoms with van der Waals surface area (Å²) in [7, 11) is 0. The van der Waals surface area contributed by atoms with E-state index in [0.29, 0.717) is 18.1 Å². The summed E-state index contributed by atoms with van der Waals surface area (Å²) in [5.41, 5.74) is 9.30. The summed E-state index contributed by atoms with van der Waals surface area (Å²) in [6, 6.07) is 8.36. The van der Waals surface area contributed by atoms with Crippen molar-refractivity contribution in [2.24, 2.45) is 5.73 Å². The van der Waals surface area contributed by atoms with Crippen LogP contribution in [-0.4, -0.2) is 29.6 Å². The Kier molecular flexibility index (Phi) is 4.49. The molecule has 1 fully saturated rings. The van der Waals surface area contributed by atoms with Gasteiger partial charge in [0.25, 0.3) is 0 Å². The van der Waals surface area contributed by atoms with E-state index in [1.54, 1.807) is 5.56 Å². The fourth-order valence-electron chi connectivity index (χ4n) is 3.99. The predicted molar refractivity (Wildman–Crippen MR) is 87.9 cm³/mol. The van der Waals surface area contributed by atoms with E-state index in [1.165, 1.54) is 55.1 Å². The Morgan fingerprint density at radius 1 is 1.25 bits per heavy atom. The van der Waals surface area contributed by atoms with E-state index in [0.717, 1.165) is 0 Å². The minimum atomic E-state index is 0.293. The summed E-state index contributed by atoms with van der Waals surface area (Å²) in [5.74, 6) is 0. The molecule has 20 heavy (non-hydrogen) atoms. The molecule has 0 amide bonds. The van der Waals surface area contributed by atoms with Crippen LogP contribution in [0.15, 0.2) is 22.7 Å². The van der Waals surface area contributed by atoms with Gasteiger partial charge in [0.2, 0.25) is 0 Å². The Labute approximate surface area is 130 Å². The highest BCUT2D eigenvalue weighted by atomic mass is 79.9. The number of benzene rings is 1. The second kappa shape index (κ2) is 6.17. The first-order valence-corrected chi connectivity index (χ1v) is 8.73. The van der Waals surface area contributed by atoms with Gasteiger partial charge in [-0.05, 0) is 68.8 Å². The van der Waals surface area contributed by atoms with Crippen LogP contribution in [0.5, 0.6) is 0 Å². The molecule has 110 valence electrons. The van der Waals surface area contributed by atoms with Crippen LogP contribution in [-0.2, 0) is 12.8 Å². The molecule has 0 aromatic heterocycles. The zero-order valence-corrected chi connectivity index (χ0v) is 13.9. The zero-order valence-electron chi connectivity index (χ0n) is 12.3. The Morgan fingerprint density at radius 3 is 2.90 bits per heavy atom. The Bertz CT molecular complexity index is 472. The third kappa shape index (κ3) is 2.95. The van der Waals surface area contributed by atoms with Crippen LogP contribution in [0.4, 0.5) is 0 Å². The van der Waals surface area contributed by atoms with E-state index < -0.39 is 0 Å². The van der Waals surface area contributed by atoms with Crippen molar-refractivity contribution in [3.63, 3.8) is 0 Å². The molecule has 3 atom stereocenters. The molecular weight excluding hydrogens is 312 g/mol. The van der Waals surface area contributed by atoms with Crippen LogP contribution < -0.4 is 5.73 Å². The van der Waals surface area contributed by atoms with Crippen molar-refractivity contribution in [3.8, 4) is 0 Å². The highest BCUT2D eigenvalue weighted by Crippen LogP contribution is 2.31. The fraction of sp³-hybridized carbons (Fsp3) is 0.647. The molecular formula is C17H25BrN2. The zero-order chi connectivity index (χ0) is 14.1. The Morgan fingerprint density at radius 2 is 2.10 bits per heavy atom. The largest absolute Gasteiger partial charge is 0.327 e. The van der Waals surface area contributed by atoms with Gasteiger partial charge in [-0.1, -0.05) is 28.4 Å². The second-order valence-electron chi connectivity index (χ2n) is 6.47. The molecule has 0 bridgehead atoms. The van der Waals surface area contributed by atoms with E-state index in [9.17, 15) is 0 Å². The maximum Gasteiger partial charge on any atom is 0.0247 e. The maximum absolute atomic E-state index is 6.23. The first kappa shape index (κ1) is 14.6. The van der Waals surface area contributed by atoms with Crippen molar-refractivity contribution in [2.75, 3.05) is 6.54 Å². The predicted octanol–water partition coefficient (Wildman–Crippen LogP) is 3.51. The summed E-state index contributed by atoms with van der Waals surface area (Å²) >= 11 is 3.58. The molecule has 1 heterocycles. The van der Waals surface area contributed by atoms with Crippen LogP contribution in [0.25, 0.3) is 0 Å². The van der Waals surface area contributed by atoms with Crippen LogP contribution in [0.2, 0.25) is 0 Å². The minimum Gasteiger partial charge on any atom is -0.327 e. The monoisotopic (exact) mass is 336 g/mol. The third-order valence-electron chi connectivity index (χ3n) is 5.04. The third-order valence-corrected chi connectivity index (χ3v) is 5.53. The van der Waals surface area contributed by atoms with Gasteiger partial charge in [-0.2, -0.15) is 0 Å². The standard InChI is InChI=1S/C17H25BrN2/c1-12(19)17-4-2-3-9-20(17)16-8-6-13-10-15(18)7-5-14(13)11-16/h5,7,10,12,16-17H,2-4,6,8-9,11,19H2,1H3. The van der Waals surface area contributed by atoms with Crippen molar-refractivity contribution in [1.82, 2.24) is 4.90 Å². The number of aryl methyl sites for hydroxylation is 1. The lowest BCUT2D eigenvalue weighted by molar-refractivity contribution is 0.0736. The van der Waals surface area contributed by atoms with E-state index in [2.05, 4.69) is 46.0 Å². The minimum absolute atomic E-state index is 0.293. The van der Waals surface area contributed by atoms with Gasteiger partial charge in [0, 0.05) is 22.6 Å². The molecule has 1 aliphatic carbocycles. The van der Waals surface area contributed by atoms with E-state index >= 15 is 0 Å². The molecule has 1 aliphatic heterocycles. The molecule has 1 saturated heterocycles. The summed E-state index contributed by atoms with van der Waals surface area (Å²) in [6.07, 6.45) is 7.66. The summed E-state index contributed by atoms with van der Waals surface area (Å²) < 4.78 is 1.21. The molecule has 0 saturated carbocycles. The van der Waals surface area contributed by atoms with E-state index in [4.69, 9.17) is 5.73 Å². The van der Waals surface area contributed by atoms with Crippen molar-refractivity contribution in [1.29, 1.82) is 0 Å². The number of hydrogen-bond donors (Lipinski definition) is 1. The average molecular weight is 337 g/mol. The number of piperidine rings is 1. The first-order chi connectivity index (χ1) is 9.65. The molecule has 1 aromatic carbocycles. The molecule has 2 nitrogen and oxygen atoms in total. The lowest BCUT2D eigenvalue weighted by atomic mass is 9.84. The number of nitrogens with two attached hydrogens (primary N) is 1. The van der Waals surface area contributed by atoms with Gasteiger partial charge in [0.05, 0.1) is 0 Å². The van der Waals surface area contributed by atoms with Crippen LogP contribution in [0, 0.1) is 0 Å². The summed E-state index contributed by atoms with van der Waals surface area (Å²) in [6.45, 7) is 3.42. The summed E-state index contributed by atoms with van der Waals surface area (Å²) in [5, 5.41) is 0. The van der Waals surface area contributed by atoms with Gasteiger partial charge in [-0.25, -0.2) is 0 Å². The molecule has 0 radical (unpaired) electrons. The average Bonchev–Trinajstić information content (AvgIpc) is 2.46. The normalized spacial score (nSPS) is 28.9. The smallest absolute Gasteiger partial charge is 0.0247 e. The van der Waals surface area contributed by atoms with E-state index in [-0.39, 0.29) is 0 Å². The van der Waals surface area contributed by atoms with Crippen molar-refractivity contribution in [2.45, 2.75) is 63.6 Å². The number of likely N-dealkylation sites (tertiary alicyclic amines) is 1. The number of halogens is 1. The van der Waals surface area contributed by atoms with Gasteiger partial charge in [0.1, 0.15) is 0 Å². The summed E-state index contributed by atoms with van der Waals surface area (Å²) in [4.78, 5) is 2.72. The van der Waals surface area contributed by atoms with Gasteiger partial charge in [-0.3, -0.25) is 4.90 Å². The molecule has 3 rings (SSSR count). The fourth-order valence-corrected chi connectivity index (χ4v) is 4.39. The van der Waals surface area contributed by atoms with Crippen molar-refractivity contribution in [3.05, 3.63) is 33.8 Å². The number of nitrogens with zero attached hydrogens (tertiary/aromatic N) is 1. The molecule has 0 spiro atoms. The topological polar surface area (TPSA) is 29.3 Å². The van der Waals surface area contributed by atoms with E-state index in [1.807, 2.05) is 0 Å². The lowest BCUT2D eigenvalue weighted by Gasteiger charge is -2.44. The quantitative estimate of drug-likeness (QED) is 0.895.